The monoisotopic (exact) mass is 243 g/mol. The molecule has 2 fully saturated rings. The lowest BCUT2D eigenvalue weighted by molar-refractivity contribution is -0.155. The zero-order valence-electron chi connectivity index (χ0n) is 10.4. The molecule has 2 aliphatic rings. The number of likely N-dealkylation sites (tertiary alicyclic amines) is 1. The molecule has 0 bridgehead atoms. The second kappa shape index (κ2) is 5.33. The first-order chi connectivity index (χ1) is 8.17. The maximum absolute atomic E-state index is 11.2. The average Bonchev–Trinajstić information content (AvgIpc) is 2.28. The van der Waals surface area contributed by atoms with Crippen LogP contribution in [0.2, 0.25) is 0 Å². The summed E-state index contributed by atoms with van der Waals surface area (Å²) in [6.07, 6.45) is 2.71. The van der Waals surface area contributed by atoms with Crippen LogP contribution in [0.4, 0.5) is 0 Å². The third-order valence-electron chi connectivity index (χ3n) is 3.95. The van der Waals surface area contributed by atoms with Gasteiger partial charge in [0, 0.05) is 45.4 Å². The van der Waals surface area contributed by atoms with Gasteiger partial charge in [0.15, 0.2) is 0 Å². The van der Waals surface area contributed by atoms with Gasteiger partial charge >= 0.3 is 5.97 Å². The molecule has 1 unspecified atom stereocenters. The van der Waals surface area contributed by atoms with Gasteiger partial charge in [-0.1, -0.05) is 0 Å². The normalized spacial score (nSPS) is 25.5. The van der Waals surface area contributed by atoms with Crippen LogP contribution in [0.25, 0.3) is 0 Å². The van der Waals surface area contributed by atoms with E-state index in [9.17, 15) is 9.90 Å². The second-order valence-corrected chi connectivity index (χ2v) is 5.15. The van der Waals surface area contributed by atoms with Gasteiger partial charge in [-0.25, -0.2) is 0 Å². The van der Waals surface area contributed by atoms with Crippen LogP contribution < -0.4 is 0 Å². The molecule has 0 radical (unpaired) electrons. The van der Waals surface area contributed by atoms with Gasteiger partial charge in [-0.3, -0.25) is 9.69 Å². The number of methoxy groups -OCH3 is 1. The van der Waals surface area contributed by atoms with E-state index in [1.54, 1.807) is 7.11 Å². The first-order valence-corrected chi connectivity index (χ1v) is 6.20. The summed E-state index contributed by atoms with van der Waals surface area (Å²) >= 11 is 0. The van der Waals surface area contributed by atoms with E-state index in [-0.39, 0.29) is 6.04 Å². The van der Waals surface area contributed by atoms with Crippen molar-refractivity contribution in [3.05, 3.63) is 0 Å². The summed E-state index contributed by atoms with van der Waals surface area (Å²) in [6.45, 7) is 3.95. The second-order valence-electron chi connectivity index (χ2n) is 5.15. The number of rotatable bonds is 5. The van der Waals surface area contributed by atoms with E-state index < -0.39 is 5.97 Å². The summed E-state index contributed by atoms with van der Waals surface area (Å²) in [5.74, 6) is -0.732. The number of carboxylic acids is 1. The first kappa shape index (κ1) is 12.8. The number of hydrogen-bond donors (Lipinski definition) is 1. The number of carbonyl (C=O) groups is 1. The van der Waals surface area contributed by atoms with Crippen LogP contribution in [0.3, 0.4) is 0 Å². The fourth-order valence-electron chi connectivity index (χ4n) is 2.85. The highest BCUT2D eigenvalue weighted by molar-refractivity contribution is 5.73. The van der Waals surface area contributed by atoms with Gasteiger partial charge in [0.05, 0.1) is 0 Å². The van der Waals surface area contributed by atoms with Crippen molar-refractivity contribution in [2.75, 3.05) is 40.0 Å². The van der Waals surface area contributed by atoms with Gasteiger partial charge in [-0.05, 0) is 19.3 Å². The molecule has 5 nitrogen and oxygen atoms in total. The van der Waals surface area contributed by atoms with Crippen LogP contribution in [0, 0.1) is 5.41 Å². The van der Waals surface area contributed by atoms with Crippen LogP contribution >= 0.6 is 0 Å². The summed E-state index contributed by atoms with van der Waals surface area (Å²) in [7, 11) is 1.61. The Morgan fingerprint density at radius 2 is 2.12 bits per heavy atom. The molecule has 0 amide bonds. The SMILES string of the molecule is COCCC(C(=O)O)N1CC2(CCOCC2)C1. The highest BCUT2D eigenvalue weighted by Crippen LogP contribution is 2.41. The standard InChI is InChI=1S/C12H21NO4/c1-16-5-2-10(11(14)15)13-8-12(9-13)3-6-17-7-4-12/h10H,2-9H2,1H3,(H,14,15). The Labute approximate surface area is 102 Å². The lowest BCUT2D eigenvalue weighted by atomic mass is 9.72. The van der Waals surface area contributed by atoms with Crippen molar-refractivity contribution in [1.82, 2.24) is 4.90 Å². The number of nitrogens with zero attached hydrogens (tertiary/aromatic N) is 1. The summed E-state index contributed by atoms with van der Waals surface area (Å²) in [5, 5.41) is 9.20. The molecule has 2 aliphatic heterocycles. The average molecular weight is 243 g/mol. The summed E-state index contributed by atoms with van der Waals surface area (Å²) in [4.78, 5) is 13.3. The summed E-state index contributed by atoms with van der Waals surface area (Å²) in [6, 6.07) is -0.386. The molecule has 17 heavy (non-hydrogen) atoms. The highest BCUT2D eigenvalue weighted by Gasteiger charge is 2.47. The molecular weight excluding hydrogens is 222 g/mol. The quantitative estimate of drug-likeness (QED) is 0.765. The Hall–Kier alpha value is -0.650. The lowest BCUT2D eigenvalue weighted by Crippen LogP contribution is -2.63. The fraction of sp³-hybridized carbons (Fsp3) is 0.917. The zero-order valence-corrected chi connectivity index (χ0v) is 10.4. The molecule has 0 aromatic carbocycles. The fourth-order valence-corrected chi connectivity index (χ4v) is 2.85. The predicted molar refractivity (Wildman–Crippen MR) is 62.0 cm³/mol. The Morgan fingerprint density at radius 1 is 1.47 bits per heavy atom. The van der Waals surface area contributed by atoms with E-state index in [4.69, 9.17) is 9.47 Å². The van der Waals surface area contributed by atoms with E-state index in [2.05, 4.69) is 4.90 Å². The van der Waals surface area contributed by atoms with Crippen LogP contribution in [0.15, 0.2) is 0 Å². The molecule has 2 heterocycles. The number of ether oxygens (including phenoxy) is 2. The van der Waals surface area contributed by atoms with Gasteiger partial charge in [0.1, 0.15) is 6.04 Å². The molecular formula is C12H21NO4. The zero-order chi connectivity index (χ0) is 12.3. The maximum atomic E-state index is 11.2. The van der Waals surface area contributed by atoms with Crippen molar-refractivity contribution in [3.63, 3.8) is 0 Å². The van der Waals surface area contributed by atoms with Gasteiger partial charge in [-0.2, -0.15) is 0 Å². The minimum absolute atomic E-state index is 0.332. The third-order valence-corrected chi connectivity index (χ3v) is 3.95. The van der Waals surface area contributed by atoms with Crippen LogP contribution in [-0.2, 0) is 14.3 Å². The molecule has 5 heteroatoms. The predicted octanol–water partition coefficient (Wildman–Crippen LogP) is 0.589. The van der Waals surface area contributed by atoms with E-state index in [1.807, 2.05) is 0 Å². The van der Waals surface area contributed by atoms with Gasteiger partial charge in [0.2, 0.25) is 0 Å². The van der Waals surface area contributed by atoms with Gasteiger partial charge in [0.25, 0.3) is 0 Å². The van der Waals surface area contributed by atoms with Gasteiger partial charge in [-0.15, -0.1) is 0 Å². The topological polar surface area (TPSA) is 59.0 Å². The van der Waals surface area contributed by atoms with Crippen molar-refractivity contribution >= 4 is 5.97 Å². The van der Waals surface area contributed by atoms with Crippen molar-refractivity contribution in [2.24, 2.45) is 5.41 Å². The summed E-state index contributed by atoms with van der Waals surface area (Å²) < 4.78 is 10.3. The van der Waals surface area contributed by atoms with Crippen LogP contribution in [0.5, 0.6) is 0 Å². The minimum atomic E-state index is -0.732. The van der Waals surface area contributed by atoms with Crippen LogP contribution in [-0.4, -0.2) is 62.0 Å². The smallest absolute Gasteiger partial charge is 0.321 e. The molecule has 98 valence electrons. The lowest BCUT2D eigenvalue weighted by Gasteiger charge is -2.54. The first-order valence-electron chi connectivity index (χ1n) is 6.20. The van der Waals surface area contributed by atoms with Crippen molar-refractivity contribution in [2.45, 2.75) is 25.3 Å². The van der Waals surface area contributed by atoms with E-state index in [0.717, 1.165) is 39.1 Å². The largest absolute Gasteiger partial charge is 0.480 e. The maximum Gasteiger partial charge on any atom is 0.321 e. The number of carboxylic acid groups (broad SMARTS) is 1. The Bertz CT molecular complexity index is 268. The molecule has 1 N–H and O–H groups in total. The molecule has 2 saturated heterocycles. The van der Waals surface area contributed by atoms with Gasteiger partial charge < -0.3 is 14.6 Å². The molecule has 0 saturated carbocycles. The van der Waals surface area contributed by atoms with Crippen LogP contribution in [0.1, 0.15) is 19.3 Å². The molecule has 2 rings (SSSR count). The van der Waals surface area contributed by atoms with Crippen molar-refractivity contribution in [3.8, 4) is 0 Å². The molecule has 0 aliphatic carbocycles. The summed E-state index contributed by atoms with van der Waals surface area (Å²) in [5.41, 5.74) is 0.332. The number of aliphatic carboxylic acids is 1. The molecule has 1 spiro atoms. The Morgan fingerprint density at radius 3 is 2.65 bits per heavy atom. The molecule has 0 aromatic heterocycles. The van der Waals surface area contributed by atoms with Crippen molar-refractivity contribution in [1.29, 1.82) is 0 Å². The highest BCUT2D eigenvalue weighted by atomic mass is 16.5. The Balaban J connectivity index is 1.84. The van der Waals surface area contributed by atoms with Crippen molar-refractivity contribution < 1.29 is 19.4 Å². The number of hydrogen-bond acceptors (Lipinski definition) is 4. The third kappa shape index (κ3) is 2.78. The molecule has 0 aromatic rings. The molecule has 1 atom stereocenters. The minimum Gasteiger partial charge on any atom is -0.480 e. The van der Waals surface area contributed by atoms with E-state index in [1.165, 1.54) is 0 Å². The van der Waals surface area contributed by atoms with E-state index in [0.29, 0.717) is 18.4 Å². The Kier molecular flexibility index (Phi) is 4.01. The van der Waals surface area contributed by atoms with E-state index >= 15 is 0 Å².